The molecule has 7 nitrogen and oxygen atoms in total. The third kappa shape index (κ3) is 4.37. The molecule has 0 saturated heterocycles. The minimum atomic E-state index is -0.677. The van der Waals surface area contributed by atoms with Crippen molar-refractivity contribution in [2.75, 3.05) is 17.2 Å². The molecule has 0 saturated carbocycles. The number of hydrogen-bond donors (Lipinski definition) is 2. The third-order valence-electron chi connectivity index (χ3n) is 3.61. The fourth-order valence-electron chi connectivity index (χ4n) is 2.59. The number of amides is 1. The number of anilines is 2. The molecule has 0 aliphatic heterocycles. The first-order valence-corrected chi connectivity index (χ1v) is 9.51. The van der Waals surface area contributed by atoms with Gasteiger partial charge in [-0.15, -0.1) is 11.3 Å². The molecule has 0 aliphatic carbocycles. The van der Waals surface area contributed by atoms with Crippen LogP contribution in [0.4, 0.5) is 11.5 Å². The van der Waals surface area contributed by atoms with Crippen LogP contribution in [0.5, 0.6) is 0 Å². The predicted molar refractivity (Wildman–Crippen MR) is 106 cm³/mol. The van der Waals surface area contributed by atoms with Crippen LogP contribution < -0.4 is 21.9 Å². The molecule has 3 N–H and O–H groups in total. The Balaban J connectivity index is 2.63. The number of carbonyl (C=O) groups excluding carboxylic acids is 1. The summed E-state index contributed by atoms with van der Waals surface area (Å²) >= 11 is 7.06. The highest BCUT2D eigenvalue weighted by Crippen LogP contribution is 2.26. The molecule has 9 heteroatoms. The summed E-state index contributed by atoms with van der Waals surface area (Å²) in [4.78, 5) is 41.6. The molecule has 0 fully saturated rings. The fraction of sp³-hybridized carbons (Fsp3) is 0.471. The third-order valence-corrected chi connectivity index (χ3v) is 4.83. The average Bonchev–Trinajstić information content (AvgIpc) is 2.95. The lowest BCUT2D eigenvalue weighted by Gasteiger charge is -2.26. The van der Waals surface area contributed by atoms with Crippen molar-refractivity contribution >= 4 is 40.4 Å². The number of nitrogens with one attached hydrogen (secondary N) is 1. The van der Waals surface area contributed by atoms with Gasteiger partial charge in [0.1, 0.15) is 5.82 Å². The summed E-state index contributed by atoms with van der Waals surface area (Å²) in [5, 5.41) is 0. The van der Waals surface area contributed by atoms with Crippen molar-refractivity contribution in [3.05, 3.63) is 42.2 Å². The van der Waals surface area contributed by atoms with Crippen LogP contribution in [-0.2, 0) is 6.54 Å². The molecule has 26 heavy (non-hydrogen) atoms. The first kappa shape index (κ1) is 20.3. The molecule has 2 aromatic rings. The number of aromatic nitrogens is 2. The van der Waals surface area contributed by atoms with E-state index >= 15 is 0 Å². The van der Waals surface area contributed by atoms with E-state index in [1.807, 2.05) is 27.7 Å². The normalized spacial score (nSPS) is 11.3. The van der Waals surface area contributed by atoms with Crippen LogP contribution >= 0.6 is 22.9 Å². The summed E-state index contributed by atoms with van der Waals surface area (Å²) < 4.78 is 1.77. The zero-order valence-corrected chi connectivity index (χ0v) is 16.8. The Morgan fingerprint density at radius 1 is 1.27 bits per heavy atom. The molecule has 2 rings (SSSR count). The second-order valence-corrected chi connectivity index (χ2v) is 8.63. The molecular formula is C17H23ClN4O3S. The maximum Gasteiger partial charge on any atom is 0.330 e. The Morgan fingerprint density at radius 2 is 1.92 bits per heavy atom. The summed E-state index contributed by atoms with van der Waals surface area (Å²) in [5.41, 5.74) is 4.89. The standard InChI is InChI=1S/C17H23ClN4O3S/c1-9(2)7-21(16(24)11-5-6-12(18)26-11)13-14(19)22(8-10(3)4)17(25)20-15(13)23/h5-6,9-10H,7-8,19H2,1-4H3,(H,20,23,25). The van der Waals surface area contributed by atoms with Crippen LogP contribution in [0.25, 0.3) is 0 Å². The van der Waals surface area contributed by atoms with Crippen LogP contribution in [-0.4, -0.2) is 22.0 Å². The summed E-state index contributed by atoms with van der Waals surface area (Å²) in [6, 6.07) is 3.23. The maximum atomic E-state index is 13.0. The summed E-state index contributed by atoms with van der Waals surface area (Å²) in [7, 11) is 0. The lowest BCUT2D eigenvalue weighted by atomic mass is 10.2. The van der Waals surface area contributed by atoms with E-state index in [9.17, 15) is 14.4 Å². The van der Waals surface area contributed by atoms with E-state index in [1.54, 1.807) is 12.1 Å². The molecular weight excluding hydrogens is 376 g/mol. The average molecular weight is 399 g/mol. The number of nitrogen functional groups attached to an aromatic ring is 1. The van der Waals surface area contributed by atoms with Gasteiger partial charge < -0.3 is 5.73 Å². The van der Waals surface area contributed by atoms with Crippen LogP contribution in [0, 0.1) is 11.8 Å². The Labute approximate surface area is 160 Å². The summed E-state index contributed by atoms with van der Waals surface area (Å²) in [6.45, 7) is 8.33. The van der Waals surface area contributed by atoms with Crippen LogP contribution in [0.15, 0.2) is 21.7 Å². The Hall–Kier alpha value is -2.06. The van der Waals surface area contributed by atoms with Crippen molar-refractivity contribution in [2.45, 2.75) is 34.2 Å². The first-order valence-electron chi connectivity index (χ1n) is 8.31. The van der Waals surface area contributed by atoms with E-state index in [0.717, 1.165) is 11.3 Å². The zero-order chi connectivity index (χ0) is 19.6. The highest BCUT2D eigenvalue weighted by Gasteiger charge is 2.27. The number of nitrogens with two attached hydrogens (primary N) is 1. The van der Waals surface area contributed by atoms with Gasteiger partial charge in [-0.25, -0.2) is 4.79 Å². The topological polar surface area (TPSA) is 101 Å². The van der Waals surface area contributed by atoms with Gasteiger partial charge in [-0.3, -0.25) is 24.0 Å². The van der Waals surface area contributed by atoms with Crippen molar-refractivity contribution in [1.82, 2.24) is 9.55 Å². The molecule has 0 aromatic carbocycles. The fourth-order valence-corrected chi connectivity index (χ4v) is 3.58. The Morgan fingerprint density at radius 3 is 2.42 bits per heavy atom. The lowest BCUT2D eigenvalue weighted by molar-refractivity contribution is 0.0987. The minimum absolute atomic E-state index is 0.00604. The largest absolute Gasteiger partial charge is 0.383 e. The smallest absolute Gasteiger partial charge is 0.330 e. The minimum Gasteiger partial charge on any atom is -0.383 e. The SMILES string of the molecule is CC(C)CN(C(=O)c1ccc(Cl)s1)c1c(N)n(CC(C)C)c(=O)[nH]c1=O. The second kappa shape index (κ2) is 8.09. The quantitative estimate of drug-likeness (QED) is 0.781. The molecule has 0 spiro atoms. The summed E-state index contributed by atoms with van der Waals surface area (Å²) in [5.74, 6) is -0.163. The van der Waals surface area contributed by atoms with Crippen LogP contribution in [0.1, 0.15) is 37.4 Å². The van der Waals surface area contributed by atoms with E-state index in [0.29, 0.717) is 15.8 Å². The molecule has 0 bridgehead atoms. The molecule has 1 amide bonds. The number of halogens is 1. The van der Waals surface area contributed by atoms with Crippen LogP contribution in [0.2, 0.25) is 4.34 Å². The highest BCUT2D eigenvalue weighted by atomic mass is 35.5. The van der Waals surface area contributed by atoms with Crippen molar-refractivity contribution in [3.8, 4) is 0 Å². The molecule has 0 radical (unpaired) electrons. The second-order valence-electron chi connectivity index (χ2n) is 6.91. The van der Waals surface area contributed by atoms with Gasteiger partial charge >= 0.3 is 5.69 Å². The zero-order valence-electron chi connectivity index (χ0n) is 15.2. The van der Waals surface area contributed by atoms with Gasteiger partial charge in [0.25, 0.3) is 11.5 Å². The van der Waals surface area contributed by atoms with Gasteiger partial charge in [0.15, 0.2) is 5.69 Å². The molecule has 0 unspecified atom stereocenters. The van der Waals surface area contributed by atoms with E-state index in [1.165, 1.54) is 9.47 Å². The number of aromatic amines is 1. The van der Waals surface area contributed by atoms with Gasteiger partial charge in [0.05, 0.1) is 9.21 Å². The summed E-state index contributed by atoms with van der Waals surface area (Å²) in [6.07, 6.45) is 0. The maximum absolute atomic E-state index is 13.0. The Kier molecular flexibility index (Phi) is 6.30. The molecule has 0 aliphatic rings. The van der Waals surface area contributed by atoms with E-state index in [2.05, 4.69) is 4.98 Å². The van der Waals surface area contributed by atoms with Gasteiger partial charge in [0, 0.05) is 13.1 Å². The van der Waals surface area contributed by atoms with Gasteiger partial charge in [-0.05, 0) is 24.0 Å². The van der Waals surface area contributed by atoms with E-state index in [-0.39, 0.29) is 35.8 Å². The molecule has 142 valence electrons. The van der Waals surface area contributed by atoms with Crippen molar-refractivity contribution in [1.29, 1.82) is 0 Å². The Bertz CT molecular complexity index is 913. The number of rotatable bonds is 6. The number of H-pyrrole nitrogens is 1. The molecule has 2 heterocycles. The van der Waals surface area contributed by atoms with Gasteiger partial charge in [-0.2, -0.15) is 0 Å². The van der Waals surface area contributed by atoms with Crippen LogP contribution in [0.3, 0.4) is 0 Å². The van der Waals surface area contributed by atoms with Crippen molar-refractivity contribution in [2.24, 2.45) is 11.8 Å². The van der Waals surface area contributed by atoms with Gasteiger partial charge in [-0.1, -0.05) is 39.3 Å². The van der Waals surface area contributed by atoms with E-state index in [4.69, 9.17) is 17.3 Å². The number of thiophene rings is 1. The van der Waals surface area contributed by atoms with E-state index < -0.39 is 11.2 Å². The highest BCUT2D eigenvalue weighted by molar-refractivity contribution is 7.18. The monoisotopic (exact) mass is 398 g/mol. The van der Waals surface area contributed by atoms with Crippen molar-refractivity contribution in [3.63, 3.8) is 0 Å². The van der Waals surface area contributed by atoms with Crippen molar-refractivity contribution < 1.29 is 4.79 Å². The predicted octanol–water partition coefficient (Wildman–Crippen LogP) is 2.79. The lowest BCUT2D eigenvalue weighted by Crippen LogP contribution is -2.42. The first-order chi connectivity index (χ1) is 12.1. The number of carbonyl (C=O) groups is 1. The number of nitrogens with zero attached hydrogens (tertiary/aromatic N) is 2. The molecule has 0 atom stereocenters. The van der Waals surface area contributed by atoms with Gasteiger partial charge in [0.2, 0.25) is 0 Å². The number of hydrogen-bond acceptors (Lipinski definition) is 5. The molecule has 2 aromatic heterocycles.